The second-order valence-corrected chi connectivity index (χ2v) is 16.0. The van der Waals surface area contributed by atoms with Crippen LogP contribution in [0, 0.1) is 27.7 Å². The number of nitrogens with zero attached hydrogens (tertiary/aromatic N) is 1. The Morgan fingerprint density at radius 1 is 0.745 bits per heavy atom. The number of carbonyl (C=O) groups is 4. The zero-order valence-electron chi connectivity index (χ0n) is 30.2. The van der Waals surface area contributed by atoms with E-state index in [1.807, 2.05) is 30.3 Å². The molecule has 0 bridgehead atoms. The van der Waals surface area contributed by atoms with Gasteiger partial charge in [0.05, 0.1) is 28.1 Å². The van der Waals surface area contributed by atoms with Crippen molar-refractivity contribution >= 4 is 23.9 Å². The van der Waals surface area contributed by atoms with Crippen molar-refractivity contribution in [3.05, 3.63) is 53.4 Å². The van der Waals surface area contributed by atoms with Crippen molar-refractivity contribution < 1.29 is 42.9 Å². The highest BCUT2D eigenvalue weighted by Gasteiger charge is 2.59. The molecule has 10 nitrogen and oxygen atoms in total. The van der Waals surface area contributed by atoms with Crippen LogP contribution >= 0.6 is 0 Å². The Balaban J connectivity index is 2.71. The van der Waals surface area contributed by atoms with Gasteiger partial charge in [0.2, 0.25) is 6.10 Å². The number of hydrogen-bond acceptors (Lipinski definition) is 9. The van der Waals surface area contributed by atoms with Gasteiger partial charge in [-0.05, 0) is 93.5 Å². The number of esters is 4. The summed E-state index contributed by atoms with van der Waals surface area (Å²) in [4.78, 5) is 57.4. The molecule has 0 aromatic heterocycles. The van der Waals surface area contributed by atoms with E-state index < -0.39 is 76.2 Å². The average Bonchev–Trinajstić information content (AvgIpc) is 2.94. The van der Waals surface area contributed by atoms with Gasteiger partial charge in [-0.15, -0.1) is 6.58 Å². The summed E-state index contributed by atoms with van der Waals surface area (Å²) in [5.41, 5.74) is -2.71. The van der Waals surface area contributed by atoms with E-state index >= 15 is 0 Å². The minimum Gasteiger partial charge on any atom is -0.462 e. The van der Waals surface area contributed by atoms with Gasteiger partial charge in [0.1, 0.15) is 12.7 Å². The van der Waals surface area contributed by atoms with Crippen LogP contribution < -0.4 is 0 Å². The first kappa shape index (κ1) is 39.5. The standard InChI is InChI=1S/C37H54NO9/c1-14-23(24-18-16-15-17-19-24)20-21-38-29-28(47-33(42)37(11,12)13)27(46-32(41)36(8,9)10)26(45-31(40)35(5,6)7)25(44-29)22-43-30(39)34(2,3)4/h14-19,23,25-29H,1,20,22H2,2-13H3/q+1/t23?,25?,26-,27-,28?,29?/m1/s1. The van der Waals surface area contributed by atoms with Gasteiger partial charge in [-0.3, -0.25) is 23.9 Å². The van der Waals surface area contributed by atoms with E-state index in [2.05, 4.69) is 17.5 Å². The van der Waals surface area contributed by atoms with Gasteiger partial charge in [-0.25, -0.2) is 0 Å². The van der Waals surface area contributed by atoms with Crippen LogP contribution in [0.1, 0.15) is 101 Å². The van der Waals surface area contributed by atoms with E-state index in [0.29, 0.717) is 6.42 Å². The number of hydrogen-bond donors (Lipinski definition) is 0. The van der Waals surface area contributed by atoms with Crippen molar-refractivity contribution in [3.8, 4) is 6.07 Å². The molecule has 47 heavy (non-hydrogen) atoms. The lowest BCUT2D eigenvalue weighted by Crippen LogP contribution is -2.63. The molecule has 2 rings (SSSR count). The van der Waals surface area contributed by atoms with E-state index in [1.165, 1.54) is 0 Å². The van der Waals surface area contributed by atoms with Gasteiger partial charge in [0.25, 0.3) is 6.07 Å². The van der Waals surface area contributed by atoms with E-state index in [-0.39, 0.29) is 12.5 Å². The Labute approximate surface area is 280 Å². The van der Waals surface area contributed by atoms with Crippen LogP contribution in [0.15, 0.2) is 43.0 Å². The summed E-state index contributed by atoms with van der Waals surface area (Å²) >= 11 is 0. The van der Waals surface area contributed by atoms with Crippen LogP contribution in [0.5, 0.6) is 0 Å². The predicted octanol–water partition coefficient (Wildman–Crippen LogP) is 6.87. The fourth-order valence-corrected chi connectivity index (χ4v) is 4.09. The third kappa shape index (κ3) is 11.5. The molecule has 0 saturated carbocycles. The zero-order chi connectivity index (χ0) is 36.0. The maximum absolute atomic E-state index is 13.4. The molecule has 0 aliphatic carbocycles. The van der Waals surface area contributed by atoms with Crippen LogP contribution in [0.25, 0.3) is 4.85 Å². The summed E-state index contributed by atoms with van der Waals surface area (Å²) in [5, 5.41) is 0. The first-order chi connectivity index (χ1) is 21.5. The molecule has 0 N–H and O–H groups in total. The molecule has 1 heterocycles. The second kappa shape index (κ2) is 15.5. The maximum Gasteiger partial charge on any atom is 0.417 e. The van der Waals surface area contributed by atoms with Crippen molar-refractivity contribution in [2.75, 3.05) is 6.61 Å². The van der Waals surface area contributed by atoms with Gasteiger partial charge in [-0.2, -0.15) is 0 Å². The Hall–Kier alpha value is -3.71. The summed E-state index contributed by atoms with van der Waals surface area (Å²) in [7, 11) is 0. The minimum absolute atomic E-state index is 0.127. The van der Waals surface area contributed by atoms with Gasteiger partial charge < -0.3 is 18.9 Å². The molecule has 0 amide bonds. The molecule has 1 aliphatic rings. The van der Waals surface area contributed by atoms with E-state index in [4.69, 9.17) is 23.7 Å². The molecule has 0 spiro atoms. The topological polar surface area (TPSA) is 119 Å². The third-order valence-electron chi connectivity index (χ3n) is 7.21. The Morgan fingerprint density at radius 3 is 1.64 bits per heavy atom. The summed E-state index contributed by atoms with van der Waals surface area (Å²) < 4.78 is 30.0. The van der Waals surface area contributed by atoms with E-state index in [0.717, 1.165) is 5.56 Å². The Bertz CT molecular complexity index is 1330. The normalized spacial score (nSPS) is 22.5. The third-order valence-corrected chi connectivity index (χ3v) is 7.21. The largest absolute Gasteiger partial charge is 0.462 e. The number of carbonyl (C=O) groups excluding carboxylic acids is 4. The number of allylic oxidation sites excluding steroid dienone is 1. The number of ether oxygens (including phenoxy) is 5. The van der Waals surface area contributed by atoms with E-state index in [1.54, 1.807) is 89.2 Å². The van der Waals surface area contributed by atoms with Gasteiger partial charge in [0, 0.05) is 5.92 Å². The Kier molecular flexibility index (Phi) is 13.0. The average molecular weight is 657 g/mol. The minimum atomic E-state index is -1.37. The second-order valence-electron chi connectivity index (χ2n) is 16.0. The first-order valence-electron chi connectivity index (χ1n) is 16.0. The molecule has 6 atom stereocenters. The number of rotatable bonds is 8. The maximum atomic E-state index is 13.4. The lowest BCUT2D eigenvalue weighted by atomic mass is 9.92. The smallest absolute Gasteiger partial charge is 0.417 e. The van der Waals surface area contributed by atoms with Crippen LogP contribution in [0.4, 0.5) is 0 Å². The molecule has 10 heteroatoms. The van der Waals surface area contributed by atoms with E-state index in [9.17, 15) is 19.2 Å². The first-order valence-corrected chi connectivity index (χ1v) is 16.0. The SMILES string of the molecule is C=CC(CC#[N+]C1OC(COC(=O)C(C)(C)C)[C@@H](OC(=O)C(C)(C)C)[C@@H](OC(=O)C(C)(C)C)C1OC(=O)C(C)(C)C)c1ccccc1. The quantitative estimate of drug-likeness (QED) is 0.168. The van der Waals surface area contributed by atoms with Gasteiger partial charge >= 0.3 is 30.1 Å². The highest BCUT2D eigenvalue weighted by Crippen LogP contribution is 2.35. The molecule has 4 unspecified atom stereocenters. The molecule has 1 aromatic rings. The van der Waals surface area contributed by atoms with Crippen LogP contribution in [-0.4, -0.2) is 61.1 Å². The molecule has 1 fully saturated rings. The molecule has 0 radical (unpaired) electrons. The van der Waals surface area contributed by atoms with Crippen molar-refractivity contribution in [2.24, 2.45) is 21.7 Å². The summed E-state index contributed by atoms with van der Waals surface area (Å²) in [5.74, 6) is -2.52. The van der Waals surface area contributed by atoms with Crippen molar-refractivity contribution in [2.45, 2.75) is 126 Å². The highest BCUT2D eigenvalue weighted by atomic mass is 16.7. The van der Waals surface area contributed by atoms with Crippen molar-refractivity contribution in [1.29, 1.82) is 0 Å². The number of benzene rings is 1. The molecule has 1 aliphatic heterocycles. The summed E-state index contributed by atoms with van der Waals surface area (Å²) in [6.45, 7) is 23.8. The lowest BCUT2D eigenvalue weighted by Gasteiger charge is -2.41. The fourth-order valence-electron chi connectivity index (χ4n) is 4.09. The molecular formula is C37H54NO9+. The fraction of sp³-hybridized carbons (Fsp3) is 0.649. The zero-order valence-corrected chi connectivity index (χ0v) is 30.2. The van der Waals surface area contributed by atoms with Crippen molar-refractivity contribution in [3.63, 3.8) is 0 Å². The van der Waals surface area contributed by atoms with Crippen LogP contribution in [-0.2, 0) is 42.9 Å². The molecule has 260 valence electrons. The van der Waals surface area contributed by atoms with Gasteiger partial charge in [0.15, 0.2) is 12.2 Å². The summed E-state index contributed by atoms with van der Waals surface area (Å²) in [6.07, 6.45) is -4.35. The highest BCUT2D eigenvalue weighted by molar-refractivity contribution is 5.78. The predicted molar refractivity (Wildman–Crippen MR) is 178 cm³/mol. The molecule has 1 saturated heterocycles. The summed E-state index contributed by atoms with van der Waals surface area (Å²) in [6, 6.07) is 12.7. The van der Waals surface area contributed by atoms with Crippen LogP contribution in [0.3, 0.4) is 0 Å². The van der Waals surface area contributed by atoms with Gasteiger partial charge in [-0.1, -0.05) is 36.4 Å². The molecule has 1 aromatic carbocycles. The monoisotopic (exact) mass is 656 g/mol. The lowest BCUT2D eigenvalue weighted by molar-refractivity contribution is -0.253. The molecular weight excluding hydrogens is 602 g/mol. The van der Waals surface area contributed by atoms with Crippen molar-refractivity contribution in [1.82, 2.24) is 0 Å². The van der Waals surface area contributed by atoms with Crippen LogP contribution in [0.2, 0.25) is 0 Å². The Morgan fingerprint density at radius 2 is 1.19 bits per heavy atom.